The third-order valence-electron chi connectivity index (χ3n) is 5.13. The first kappa shape index (κ1) is 19.3. The average Bonchev–Trinajstić information content (AvgIpc) is 2.88. The van der Waals surface area contributed by atoms with E-state index < -0.39 is 0 Å². The molecule has 1 aromatic heterocycles. The number of fused-ring (bicyclic) bond motifs is 1. The van der Waals surface area contributed by atoms with E-state index >= 15 is 0 Å². The molecule has 3 rings (SSSR count). The van der Waals surface area contributed by atoms with Crippen LogP contribution in [0.1, 0.15) is 67.9 Å². The molecule has 1 N–H and O–H groups in total. The minimum Gasteiger partial charge on any atom is -0.352 e. The van der Waals surface area contributed by atoms with Crippen LogP contribution in [0.25, 0.3) is 10.9 Å². The van der Waals surface area contributed by atoms with E-state index in [1.807, 2.05) is 35.2 Å². The topological polar surface area (TPSA) is 62.3 Å². The van der Waals surface area contributed by atoms with Gasteiger partial charge in [0, 0.05) is 37.1 Å². The number of rotatable bonds is 6. The van der Waals surface area contributed by atoms with Crippen LogP contribution >= 0.6 is 0 Å². The van der Waals surface area contributed by atoms with Crippen molar-refractivity contribution in [3.05, 3.63) is 41.6 Å². The normalized spacial score (nSPS) is 15.2. The zero-order valence-electron chi connectivity index (χ0n) is 16.3. The standard InChI is InChI=1S/C22H29N3O2/c1-16(2)20-15-18(17-9-5-6-10-19(17)24-20)22(27)23-12-8-14-25-13-7-3-4-11-21(25)26/h5-6,9-10,15-16H,3-4,7-8,11-14H2,1-2H3,(H,23,27). The number of nitrogens with zero attached hydrogens (tertiary/aromatic N) is 2. The second-order valence-corrected chi connectivity index (χ2v) is 7.57. The smallest absolute Gasteiger partial charge is 0.252 e. The van der Waals surface area contributed by atoms with Crippen molar-refractivity contribution in [1.82, 2.24) is 15.2 Å². The minimum absolute atomic E-state index is 0.0716. The molecule has 0 spiro atoms. The van der Waals surface area contributed by atoms with E-state index in [4.69, 9.17) is 0 Å². The fourth-order valence-corrected chi connectivity index (χ4v) is 3.52. The molecule has 0 radical (unpaired) electrons. The molecule has 5 nitrogen and oxygen atoms in total. The van der Waals surface area contributed by atoms with Gasteiger partial charge in [-0.1, -0.05) is 38.5 Å². The summed E-state index contributed by atoms with van der Waals surface area (Å²) in [7, 11) is 0. The monoisotopic (exact) mass is 367 g/mol. The Morgan fingerprint density at radius 2 is 2.04 bits per heavy atom. The van der Waals surface area contributed by atoms with Gasteiger partial charge in [0.15, 0.2) is 0 Å². The van der Waals surface area contributed by atoms with Crippen molar-refractivity contribution in [2.45, 2.75) is 51.9 Å². The van der Waals surface area contributed by atoms with E-state index in [1.54, 1.807) is 0 Å². The SMILES string of the molecule is CC(C)c1cc(C(=O)NCCCN2CCCCCC2=O)c2ccccc2n1. The van der Waals surface area contributed by atoms with Gasteiger partial charge in [0.1, 0.15) is 0 Å². The van der Waals surface area contributed by atoms with Gasteiger partial charge in [-0.3, -0.25) is 14.6 Å². The van der Waals surface area contributed by atoms with Gasteiger partial charge < -0.3 is 10.2 Å². The fourth-order valence-electron chi connectivity index (χ4n) is 3.52. The quantitative estimate of drug-likeness (QED) is 0.788. The molecule has 1 aromatic carbocycles. The Balaban J connectivity index is 1.63. The molecule has 0 atom stereocenters. The molecular weight excluding hydrogens is 338 g/mol. The van der Waals surface area contributed by atoms with Crippen molar-refractivity contribution in [3.63, 3.8) is 0 Å². The first-order valence-corrected chi connectivity index (χ1v) is 10.0. The van der Waals surface area contributed by atoms with Crippen LogP contribution < -0.4 is 5.32 Å². The molecular formula is C22H29N3O2. The molecule has 27 heavy (non-hydrogen) atoms. The Labute approximate surface area is 161 Å². The van der Waals surface area contributed by atoms with Crippen LogP contribution in [-0.2, 0) is 4.79 Å². The molecule has 2 heterocycles. The summed E-state index contributed by atoms with van der Waals surface area (Å²) in [5, 5.41) is 3.90. The minimum atomic E-state index is -0.0716. The Morgan fingerprint density at radius 1 is 1.22 bits per heavy atom. The third-order valence-corrected chi connectivity index (χ3v) is 5.13. The zero-order chi connectivity index (χ0) is 19.2. The van der Waals surface area contributed by atoms with Crippen LogP contribution in [0.3, 0.4) is 0 Å². The van der Waals surface area contributed by atoms with Gasteiger partial charge in [-0.15, -0.1) is 0 Å². The van der Waals surface area contributed by atoms with E-state index in [0.717, 1.165) is 48.8 Å². The van der Waals surface area contributed by atoms with Crippen molar-refractivity contribution in [3.8, 4) is 0 Å². The summed E-state index contributed by atoms with van der Waals surface area (Å²) >= 11 is 0. The number of pyridine rings is 1. The molecule has 1 aliphatic rings. The maximum Gasteiger partial charge on any atom is 0.252 e. The zero-order valence-corrected chi connectivity index (χ0v) is 16.3. The number of amides is 2. The summed E-state index contributed by atoms with van der Waals surface area (Å²) < 4.78 is 0. The van der Waals surface area contributed by atoms with Crippen LogP contribution in [-0.4, -0.2) is 41.3 Å². The summed E-state index contributed by atoms with van der Waals surface area (Å²) in [5.74, 6) is 0.438. The van der Waals surface area contributed by atoms with Crippen LogP contribution in [0.15, 0.2) is 30.3 Å². The fraction of sp³-hybridized carbons (Fsp3) is 0.500. The average molecular weight is 367 g/mol. The lowest BCUT2D eigenvalue weighted by atomic mass is 10.0. The second kappa shape index (κ2) is 8.98. The molecule has 1 aliphatic heterocycles. The van der Waals surface area contributed by atoms with E-state index in [-0.39, 0.29) is 17.7 Å². The molecule has 5 heteroatoms. The molecule has 0 aliphatic carbocycles. The highest BCUT2D eigenvalue weighted by Crippen LogP contribution is 2.22. The van der Waals surface area contributed by atoms with Crippen molar-refractivity contribution in [2.75, 3.05) is 19.6 Å². The Morgan fingerprint density at radius 3 is 2.85 bits per heavy atom. The lowest BCUT2D eigenvalue weighted by molar-refractivity contribution is -0.130. The van der Waals surface area contributed by atoms with Gasteiger partial charge in [-0.2, -0.15) is 0 Å². The molecule has 1 saturated heterocycles. The predicted molar refractivity (Wildman–Crippen MR) is 108 cm³/mol. The summed E-state index contributed by atoms with van der Waals surface area (Å²) in [5.41, 5.74) is 2.45. The number of carbonyl (C=O) groups excluding carboxylic acids is 2. The van der Waals surface area contributed by atoms with Gasteiger partial charge in [0.25, 0.3) is 5.91 Å². The molecule has 0 bridgehead atoms. The number of likely N-dealkylation sites (tertiary alicyclic amines) is 1. The maximum atomic E-state index is 12.8. The van der Waals surface area contributed by atoms with Crippen molar-refractivity contribution < 1.29 is 9.59 Å². The first-order valence-electron chi connectivity index (χ1n) is 10.0. The number of aromatic nitrogens is 1. The number of nitrogens with one attached hydrogen (secondary N) is 1. The number of hydrogen-bond acceptors (Lipinski definition) is 3. The van der Waals surface area contributed by atoms with Gasteiger partial charge in [0.05, 0.1) is 11.1 Å². The molecule has 0 unspecified atom stereocenters. The van der Waals surface area contributed by atoms with Crippen LogP contribution in [0.5, 0.6) is 0 Å². The summed E-state index contributed by atoms with van der Waals surface area (Å²) in [6, 6.07) is 9.67. The first-order chi connectivity index (χ1) is 13.1. The molecule has 144 valence electrons. The molecule has 0 saturated carbocycles. The van der Waals surface area contributed by atoms with Gasteiger partial charge in [-0.05, 0) is 37.3 Å². The largest absolute Gasteiger partial charge is 0.352 e. The summed E-state index contributed by atoms with van der Waals surface area (Å²) in [4.78, 5) is 31.4. The van der Waals surface area contributed by atoms with Crippen molar-refractivity contribution >= 4 is 22.7 Å². The van der Waals surface area contributed by atoms with Crippen molar-refractivity contribution in [1.29, 1.82) is 0 Å². The van der Waals surface area contributed by atoms with E-state index in [9.17, 15) is 9.59 Å². The molecule has 2 amide bonds. The Hall–Kier alpha value is -2.43. The number of hydrogen-bond donors (Lipinski definition) is 1. The highest BCUT2D eigenvalue weighted by Gasteiger charge is 2.17. The number of para-hydroxylation sites is 1. The van der Waals surface area contributed by atoms with Crippen LogP contribution in [0, 0.1) is 0 Å². The number of carbonyl (C=O) groups is 2. The van der Waals surface area contributed by atoms with Gasteiger partial charge in [0.2, 0.25) is 5.91 Å². The van der Waals surface area contributed by atoms with Gasteiger partial charge in [-0.25, -0.2) is 0 Å². The number of benzene rings is 1. The Kier molecular flexibility index (Phi) is 6.43. The highest BCUT2D eigenvalue weighted by atomic mass is 16.2. The molecule has 1 fully saturated rings. The maximum absolute atomic E-state index is 12.8. The molecule has 2 aromatic rings. The van der Waals surface area contributed by atoms with E-state index in [1.165, 1.54) is 0 Å². The predicted octanol–water partition coefficient (Wildman–Crippen LogP) is 3.88. The van der Waals surface area contributed by atoms with Gasteiger partial charge >= 0.3 is 0 Å². The van der Waals surface area contributed by atoms with Crippen LogP contribution in [0.2, 0.25) is 0 Å². The second-order valence-electron chi connectivity index (χ2n) is 7.57. The van der Waals surface area contributed by atoms with Crippen molar-refractivity contribution in [2.24, 2.45) is 0 Å². The lowest BCUT2D eigenvalue weighted by Gasteiger charge is -2.20. The summed E-state index contributed by atoms with van der Waals surface area (Å²) in [6.07, 6.45) is 4.65. The summed E-state index contributed by atoms with van der Waals surface area (Å²) in [6.45, 7) is 6.29. The van der Waals surface area contributed by atoms with E-state index in [2.05, 4.69) is 24.1 Å². The van der Waals surface area contributed by atoms with E-state index in [0.29, 0.717) is 25.1 Å². The Bertz CT molecular complexity index is 816. The lowest BCUT2D eigenvalue weighted by Crippen LogP contribution is -2.34. The highest BCUT2D eigenvalue weighted by molar-refractivity contribution is 6.06. The van der Waals surface area contributed by atoms with Crippen LogP contribution in [0.4, 0.5) is 0 Å². The third kappa shape index (κ3) is 4.85.